The molecule has 0 spiro atoms. The average molecular weight is 386 g/mol. The van der Waals surface area contributed by atoms with Gasteiger partial charge in [-0.25, -0.2) is 4.99 Å². The van der Waals surface area contributed by atoms with Crippen LogP contribution >= 0.6 is 0 Å². The van der Waals surface area contributed by atoms with E-state index in [0.717, 1.165) is 43.5 Å². The van der Waals surface area contributed by atoms with E-state index in [1.807, 2.05) is 24.4 Å². The van der Waals surface area contributed by atoms with Crippen LogP contribution in [-0.2, 0) is 19.5 Å². The molecule has 2 N–H and O–H groups in total. The van der Waals surface area contributed by atoms with Crippen molar-refractivity contribution in [3.8, 4) is 0 Å². The van der Waals surface area contributed by atoms with Crippen LogP contribution in [0.1, 0.15) is 58.0 Å². The first kappa shape index (κ1) is 21.9. The monoisotopic (exact) mass is 385 g/mol. The minimum Gasteiger partial charge on any atom is -0.356 e. The minimum absolute atomic E-state index is 0.564. The molecule has 0 aliphatic rings. The molecule has 1 atom stereocenters. The van der Waals surface area contributed by atoms with Crippen LogP contribution in [0.4, 0.5) is 0 Å². The highest BCUT2D eigenvalue weighted by Gasteiger charge is 2.08. The summed E-state index contributed by atoms with van der Waals surface area (Å²) in [7, 11) is 0. The Kier molecular flexibility index (Phi) is 10.0. The molecule has 2 aromatic rings. The largest absolute Gasteiger partial charge is 0.356 e. The standard InChI is InChI=1S/C21H35N7/c1-4-7-10-18(5-2)15-24-21(25-16-19-11-8-9-12-22-19)23-13-14-28-17-26-27-20(28)6-3/h8-9,11-12,17-18H,4-7,10,13-16H2,1-3H3,(H2,23,24,25). The molecule has 28 heavy (non-hydrogen) atoms. The lowest BCUT2D eigenvalue weighted by molar-refractivity contribution is 0.443. The number of pyridine rings is 1. The fourth-order valence-electron chi connectivity index (χ4n) is 3.04. The molecule has 0 aliphatic carbocycles. The molecular formula is C21H35N7. The molecule has 154 valence electrons. The maximum absolute atomic E-state index is 4.73. The van der Waals surface area contributed by atoms with Gasteiger partial charge in [0.25, 0.3) is 0 Å². The van der Waals surface area contributed by atoms with Gasteiger partial charge in [0, 0.05) is 32.3 Å². The number of aryl methyl sites for hydroxylation is 1. The molecule has 7 nitrogen and oxygen atoms in total. The maximum atomic E-state index is 4.73. The van der Waals surface area contributed by atoms with E-state index < -0.39 is 0 Å². The predicted molar refractivity (Wildman–Crippen MR) is 114 cm³/mol. The van der Waals surface area contributed by atoms with Gasteiger partial charge < -0.3 is 15.2 Å². The van der Waals surface area contributed by atoms with E-state index in [4.69, 9.17) is 4.99 Å². The lowest BCUT2D eigenvalue weighted by Gasteiger charge is -2.18. The third kappa shape index (κ3) is 7.66. The summed E-state index contributed by atoms with van der Waals surface area (Å²) in [6.45, 7) is 9.69. The van der Waals surface area contributed by atoms with Crippen LogP contribution in [0.3, 0.4) is 0 Å². The third-order valence-corrected chi connectivity index (χ3v) is 4.88. The van der Waals surface area contributed by atoms with Crippen molar-refractivity contribution < 1.29 is 0 Å². The number of nitrogens with zero attached hydrogens (tertiary/aromatic N) is 5. The van der Waals surface area contributed by atoms with Gasteiger partial charge in [0.15, 0.2) is 5.96 Å². The van der Waals surface area contributed by atoms with E-state index in [1.165, 1.54) is 25.7 Å². The predicted octanol–water partition coefficient (Wildman–Crippen LogP) is 3.19. The number of aliphatic imine (C=N–C) groups is 1. The lowest BCUT2D eigenvalue weighted by Crippen LogP contribution is -2.41. The molecule has 1 unspecified atom stereocenters. The van der Waals surface area contributed by atoms with Crippen molar-refractivity contribution in [1.82, 2.24) is 30.4 Å². The number of hydrogen-bond acceptors (Lipinski definition) is 4. The molecule has 0 aliphatic heterocycles. The SMILES string of the molecule is CCCCC(CC)CNC(=NCc1ccccn1)NCCn1cnnc1CC. The number of hydrogen-bond donors (Lipinski definition) is 2. The highest BCUT2D eigenvalue weighted by Crippen LogP contribution is 2.11. The van der Waals surface area contributed by atoms with Crippen molar-refractivity contribution in [2.75, 3.05) is 13.1 Å². The highest BCUT2D eigenvalue weighted by atomic mass is 15.3. The normalized spacial score (nSPS) is 12.8. The van der Waals surface area contributed by atoms with E-state index >= 15 is 0 Å². The van der Waals surface area contributed by atoms with Crippen LogP contribution < -0.4 is 10.6 Å². The van der Waals surface area contributed by atoms with Gasteiger partial charge in [0.2, 0.25) is 0 Å². The molecule has 0 amide bonds. The Morgan fingerprint density at radius 1 is 1.21 bits per heavy atom. The van der Waals surface area contributed by atoms with Crippen molar-refractivity contribution in [3.05, 3.63) is 42.2 Å². The summed E-state index contributed by atoms with van der Waals surface area (Å²) in [6, 6.07) is 5.92. The van der Waals surface area contributed by atoms with Gasteiger partial charge in [-0.05, 0) is 24.5 Å². The van der Waals surface area contributed by atoms with Gasteiger partial charge >= 0.3 is 0 Å². The van der Waals surface area contributed by atoms with Crippen LogP contribution in [0.2, 0.25) is 0 Å². The Bertz CT molecular complexity index is 681. The summed E-state index contributed by atoms with van der Waals surface area (Å²) >= 11 is 0. The molecule has 2 rings (SSSR count). The number of aromatic nitrogens is 4. The first-order chi connectivity index (χ1) is 13.8. The molecule has 0 bridgehead atoms. The van der Waals surface area contributed by atoms with Crippen LogP contribution in [0, 0.1) is 5.92 Å². The van der Waals surface area contributed by atoms with Crippen LogP contribution in [-0.4, -0.2) is 38.8 Å². The smallest absolute Gasteiger partial charge is 0.191 e. The van der Waals surface area contributed by atoms with Crippen molar-refractivity contribution in [2.24, 2.45) is 10.9 Å². The number of unbranched alkanes of at least 4 members (excludes halogenated alkanes) is 1. The molecule has 0 radical (unpaired) electrons. The zero-order valence-corrected chi connectivity index (χ0v) is 17.6. The van der Waals surface area contributed by atoms with Gasteiger partial charge in [-0.1, -0.05) is 46.1 Å². The highest BCUT2D eigenvalue weighted by molar-refractivity contribution is 5.79. The Morgan fingerprint density at radius 2 is 2.11 bits per heavy atom. The fraction of sp³-hybridized carbons (Fsp3) is 0.619. The minimum atomic E-state index is 0.564. The van der Waals surface area contributed by atoms with Gasteiger partial charge in [0.1, 0.15) is 12.2 Å². The summed E-state index contributed by atoms with van der Waals surface area (Å²) in [4.78, 5) is 9.10. The van der Waals surface area contributed by atoms with E-state index in [-0.39, 0.29) is 0 Å². The molecule has 2 aromatic heterocycles. The number of nitrogens with one attached hydrogen (secondary N) is 2. The summed E-state index contributed by atoms with van der Waals surface area (Å²) in [6.07, 6.45) is 9.44. The quantitative estimate of drug-likeness (QED) is 0.433. The van der Waals surface area contributed by atoms with E-state index in [1.54, 1.807) is 6.33 Å². The van der Waals surface area contributed by atoms with Crippen molar-refractivity contribution in [1.29, 1.82) is 0 Å². The molecular weight excluding hydrogens is 350 g/mol. The molecule has 2 heterocycles. The lowest BCUT2D eigenvalue weighted by atomic mass is 9.99. The topological polar surface area (TPSA) is 80.0 Å². The zero-order chi connectivity index (χ0) is 20.0. The summed E-state index contributed by atoms with van der Waals surface area (Å²) in [5.41, 5.74) is 0.966. The molecule has 0 saturated carbocycles. The Labute approximate surface area is 169 Å². The van der Waals surface area contributed by atoms with Gasteiger partial charge in [-0.2, -0.15) is 0 Å². The van der Waals surface area contributed by atoms with E-state index in [2.05, 4.69) is 51.2 Å². The molecule has 0 aromatic carbocycles. The van der Waals surface area contributed by atoms with Crippen molar-refractivity contribution in [2.45, 2.75) is 66.0 Å². The Hall–Kier alpha value is -2.44. The van der Waals surface area contributed by atoms with Crippen molar-refractivity contribution in [3.63, 3.8) is 0 Å². The molecule has 7 heteroatoms. The van der Waals surface area contributed by atoms with Gasteiger partial charge in [0.05, 0.1) is 12.2 Å². The van der Waals surface area contributed by atoms with Gasteiger partial charge in [-0.15, -0.1) is 10.2 Å². The number of guanidine groups is 1. The average Bonchev–Trinajstić information content (AvgIpc) is 3.19. The molecule has 0 saturated heterocycles. The second-order valence-electron chi connectivity index (χ2n) is 7.00. The Balaban J connectivity index is 1.92. The summed E-state index contributed by atoms with van der Waals surface area (Å²) in [5, 5.41) is 15.1. The second kappa shape index (κ2) is 12.9. The van der Waals surface area contributed by atoms with Crippen LogP contribution in [0.5, 0.6) is 0 Å². The molecule has 0 fully saturated rings. The fourth-order valence-corrected chi connectivity index (χ4v) is 3.04. The summed E-state index contributed by atoms with van der Waals surface area (Å²) < 4.78 is 2.08. The number of rotatable bonds is 12. The first-order valence-corrected chi connectivity index (χ1v) is 10.6. The van der Waals surface area contributed by atoms with Crippen LogP contribution in [0.15, 0.2) is 35.7 Å². The van der Waals surface area contributed by atoms with E-state index in [0.29, 0.717) is 12.5 Å². The Morgan fingerprint density at radius 3 is 2.82 bits per heavy atom. The van der Waals surface area contributed by atoms with Gasteiger partial charge in [-0.3, -0.25) is 4.98 Å². The van der Waals surface area contributed by atoms with Crippen LogP contribution in [0.25, 0.3) is 0 Å². The van der Waals surface area contributed by atoms with Crippen molar-refractivity contribution >= 4 is 5.96 Å². The first-order valence-electron chi connectivity index (χ1n) is 10.6. The third-order valence-electron chi connectivity index (χ3n) is 4.88. The maximum Gasteiger partial charge on any atom is 0.191 e. The van der Waals surface area contributed by atoms with E-state index in [9.17, 15) is 0 Å². The second-order valence-corrected chi connectivity index (χ2v) is 7.00. The summed E-state index contributed by atoms with van der Waals surface area (Å²) in [5.74, 6) is 2.52. The zero-order valence-electron chi connectivity index (χ0n) is 17.6.